The third-order valence-corrected chi connectivity index (χ3v) is 2.02. The molecular formula is C9H9FN. The van der Waals surface area contributed by atoms with Gasteiger partial charge >= 0.3 is 0 Å². The van der Waals surface area contributed by atoms with Crippen molar-refractivity contribution in [2.75, 3.05) is 6.54 Å². The summed E-state index contributed by atoms with van der Waals surface area (Å²) in [6, 6.07) is 5.21. The molecule has 0 saturated carbocycles. The van der Waals surface area contributed by atoms with Gasteiger partial charge in [0.15, 0.2) is 0 Å². The third-order valence-electron chi connectivity index (χ3n) is 2.02. The van der Waals surface area contributed by atoms with Gasteiger partial charge in [-0.2, -0.15) is 0 Å². The van der Waals surface area contributed by atoms with Crippen LogP contribution in [-0.4, -0.2) is 6.54 Å². The average molecular weight is 150 g/mol. The van der Waals surface area contributed by atoms with Crippen molar-refractivity contribution in [3.63, 3.8) is 0 Å². The van der Waals surface area contributed by atoms with Gasteiger partial charge in [0.05, 0.1) is 0 Å². The van der Waals surface area contributed by atoms with Crippen LogP contribution in [0.2, 0.25) is 0 Å². The molecule has 0 fully saturated rings. The van der Waals surface area contributed by atoms with Gasteiger partial charge in [-0.25, -0.2) is 9.71 Å². The van der Waals surface area contributed by atoms with Crippen LogP contribution in [0.25, 0.3) is 0 Å². The Morgan fingerprint density at radius 2 is 2.27 bits per heavy atom. The van der Waals surface area contributed by atoms with Crippen LogP contribution < -0.4 is 5.32 Å². The first-order chi connectivity index (χ1) is 5.38. The Kier molecular flexibility index (Phi) is 1.62. The summed E-state index contributed by atoms with van der Waals surface area (Å²) < 4.78 is 13.0. The molecule has 57 valence electrons. The van der Waals surface area contributed by atoms with Crippen molar-refractivity contribution in [1.29, 1.82) is 0 Å². The lowest BCUT2D eigenvalue weighted by Crippen LogP contribution is -2.18. The van der Waals surface area contributed by atoms with Gasteiger partial charge in [0.25, 0.3) is 0 Å². The van der Waals surface area contributed by atoms with Gasteiger partial charge in [-0.15, -0.1) is 0 Å². The van der Waals surface area contributed by atoms with Crippen LogP contribution in [0.4, 0.5) is 4.39 Å². The van der Waals surface area contributed by atoms with Crippen LogP contribution in [-0.2, 0) is 13.0 Å². The van der Waals surface area contributed by atoms with Gasteiger partial charge in [0.2, 0.25) is 0 Å². The minimum Gasteiger partial charge on any atom is -0.237 e. The summed E-state index contributed by atoms with van der Waals surface area (Å²) in [5, 5.41) is 4.19. The summed E-state index contributed by atoms with van der Waals surface area (Å²) in [6.07, 6.45) is 0.766. The molecule has 1 aliphatic rings. The van der Waals surface area contributed by atoms with E-state index in [1.165, 1.54) is 6.07 Å². The normalized spacial score (nSPS) is 16.1. The largest absolute Gasteiger partial charge is 0.237 e. The highest BCUT2D eigenvalue weighted by molar-refractivity contribution is 5.30. The predicted molar refractivity (Wildman–Crippen MR) is 40.8 cm³/mol. The van der Waals surface area contributed by atoms with Crippen molar-refractivity contribution in [2.24, 2.45) is 0 Å². The van der Waals surface area contributed by atoms with E-state index in [2.05, 4.69) is 5.32 Å². The lowest BCUT2D eigenvalue weighted by molar-refractivity contribution is 0.564. The van der Waals surface area contributed by atoms with Crippen LogP contribution in [0, 0.1) is 5.82 Å². The van der Waals surface area contributed by atoms with Gasteiger partial charge in [0.1, 0.15) is 5.82 Å². The number of hydrogen-bond acceptors (Lipinski definition) is 0. The molecule has 0 aliphatic carbocycles. The standard InChI is InChI=1S/C9H9FN/c10-9-3-1-2-7-6-11-5-4-8(7)9/h1-3H,4-6H2. The fraction of sp³-hybridized carbons (Fsp3) is 0.333. The molecule has 0 bridgehead atoms. The molecule has 1 nitrogen and oxygen atoms in total. The highest BCUT2D eigenvalue weighted by Gasteiger charge is 2.11. The molecule has 0 atom stereocenters. The SMILES string of the molecule is Fc1cccc2c1CC[N]C2. The molecule has 0 N–H and O–H groups in total. The van der Waals surface area contributed by atoms with Crippen LogP contribution >= 0.6 is 0 Å². The van der Waals surface area contributed by atoms with Gasteiger partial charge in [-0.05, 0) is 23.6 Å². The van der Waals surface area contributed by atoms with Gasteiger partial charge in [-0.1, -0.05) is 12.1 Å². The topological polar surface area (TPSA) is 14.1 Å². The third kappa shape index (κ3) is 1.14. The zero-order valence-corrected chi connectivity index (χ0v) is 6.18. The molecule has 11 heavy (non-hydrogen) atoms. The Morgan fingerprint density at radius 3 is 3.09 bits per heavy atom. The van der Waals surface area contributed by atoms with E-state index in [0.29, 0.717) is 6.54 Å². The van der Waals surface area contributed by atoms with Crippen molar-refractivity contribution >= 4 is 0 Å². The van der Waals surface area contributed by atoms with E-state index >= 15 is 0 Å². The zero-order valence-electron chi connectivity index (χ0n) is 6.18. The maximum absolute atomic E-state index is 13.0. The number of nitrogens with zero attached hydrogens (tertiary/aromatic N) is 1. The van der Waals surface area contributed by atoms with E-state index in [9.17, 15) is 4.39 Å². The second-order valence-corrected chi connectivity index (χ2v) is 2.73. The molecule has 0 amide bonds. The number of benzene rings is 1. The lowest BCUT2D eigenvalue weighted by Gasteiger charge is -2.15. The van der Waals surface area contributed by atoms with E-state index < -0.39 is 0 Å². The van der Waals surface area contributed by atoms with Crippen molar-refractivity contribution in [3.8, 4) is 0 Å². The Bertz CT molecular complexity index is 270. The predicted octanol–water partition coefficient (Wildman–Crippen LogP) is 1.49. The quantitative estimate of drug-likeness (QED) is 0.532. The summed E-state index contributed by atoms with van der Waals surface area (Å²) in [6.45, 7) is 1.46. The molecule has 2 rings (SSSR count). The summed E-state index contributed by atoms with van der Waals surface area (Å²) in [5.41, 5.74) is 1.92. The molecular weight excluding hydrogens is 141 g/mol. The Morgan fingerprint density at radius 1 is 1.36 bits per heavy atom. The first-order valence-corrected chi connectivity index (χ1v) is 3.77. The van der Waals surface area contributed by atoms with Crippen LogP contribution in [0.3, 0.4) is 0 Å². The number of rotatable bonds is 0. The molecule has 1 aromatic rings. The molecule has 2 heteroatoms. The van der Waals surface area contributed by atoms with Crippen LogP contribution in [0.15, 0.2) is 18.2 Å². The van der Waals surface area contributed by atoms with Crippen molar-refractivity contribution in [2.45, 2.75) is 13.0 Å². The monoisotopic (exact) mass is 150 g/mol. The zero-order chi connectivity index (χ0) is 7.68. The van der Waals surface area contributed by atoms with Crippen LogP contribution in [0.5, 0.6) is 0 Å². The van der Waals surface area contributed by atoms with E-state index in [4.69, 9.17) is 0 Å². The smallest absolute Gasteiger partial charge is 0.126 e. The highest BCUT2D eigenvalue weighted by Crippen LogP contribution is 2.17. The summed E-state index contributed by atoms with van der Waals surface area (Å²) in [7, 11) is 0. The minimum absolute atomic E-state index is 0.0719. The molecule has 1 aliphatic heterocycles. The molecule has 1 radical (unpaired) electrons. The molecule has 0 saturated heterocycles. The van der Waals surface area contributed by atoms with Crippen molar-refractivity contribution in [3.05, 3.63) is 35.1 Å². The molecule has 0 spiro atoms. The van der Waals surface area contributed by atoms with Crippen molar-refractivity contribution in [1.82, 2.24) is 5.32 Å². The summed E-state index contributed by atoms with van der Waals surface area (Å²) in [4.78, 5) is 0. The maximum Gasteiger partial charge on any atom is 0.126 e. The Labute approximate surface area is 65.2 Å². The number of hydrogen-bond donors (Lipinski definition) is 0. The second-order valence-electron chi connectivity index (χ2n) is 2.73. The number of halogens is 1. The van der Waals surface area contributed by atoms with Crippen molar-refractivity contribution < 1.29 is 4.39 Å². The average Bonchev–Trinajstić information content (AvgIpc) is 2.06. The van der Waals surface area contributed by atoms with Gasteiger partial charge < -0.3 is 0 Å². The van der Waals surface area contributed by atoms with E-state index in [-0.39, 0.29) is 5.82 Å². The van der Waals surface area contributed by atoms with E-state index in [1.807, 2.05) is 6.07 Å². The number of fused-ring (bicyclic) bond motifs is 1. The Hall–Kier alpha value is -0.890. The minimum atomic E-state index is -0.0719. The second kappa shape index (κ2) is 2.62. The highest BCUT2D eigenvalue weighted by atomic mass is 19.1. The Balaban J connectivity index is 2.49. The first-order valence-electron chi connectivity index (χ1n) is 3.77. The summed E-state index contributed by atoms with van der Waals surface area (Å²) >= 11 is 0. The van der Waals surface area contributed by atoms with Crippen LogP contribution in [0.1, 0.15) is 11.1 Å². The molecule has 0 aromatic heterocycles. The molecule has 1 aromatic carbocycles. The van der Waals surface area contributed by atoms with Gasteiger partial charge in [-0.3, -0.25) is 0 Å². The van der Waals surface area contributed by atoms with E-state index in [0.717, 1.165) is 24.1 Å². The molecule has 1 heterocycles. The van der Waals surface area contributed by atoms with E-state index in [1.54, 1.807) is 6.07 Å². The maximum atomic E-state index is 13.0. The summed E-state index contributed by atoms with van der Waals surface area (Å²) in [5.74, 6) is -0.0719. The first kappa shape index (κ1) is 6.80. The molecule has 0 unspecified atom stereocenters. The van der Waals surface area contributed by atoms with Gasteiger partial charge in [0, 0.05) is 13.1 Å². The fourth-order valence-electron chi connectivity index (χ4n) is 1.42. The fourth-order valence-corrected chi connectivity index (χ4v) is 1.42. The lowest BCUT2D eigenvalue weighted by atomic mass is 10.0.